The van der Waals surface area contributed by atoms with Crippen molar-refractivity contribution in [2.24, 2.45) is 0 Å². The number of hydrogen-bond donors (Lipinski definition) is 2. The van der Waals surface area contributed by atoms with Gasteiger partial charge in [0.2, 0.25) is 5.91 Å². The van der Waals surface area contributed by atoms with E-state index >= 15 is 0 Å². The van der Waals surface area contributed by atoms with Crippen LogP contribution in [0.3, 0.4) is 0 Å². The Kier molecular flexibility index (Phi) is 4.58. The van der Waals surface area contributed by atoms with Crippen molar-refractivity contribution in [2.75, 3.05) is 39.3 Å². The van der Waals surface area contributed by atoms with Crippen molar-refractivity contribution < 1.29 is 9.21 Å². The molecular formula is C12H19N3O2. The van der Waals surface area contributed by atoms with Crippen molar-refractivity contribution in [1.29, 1.82) is 0 Å². The number of carbonyl (C=O) groups excluding carboxylic acids is 1. The minimum Gasteiger partial charge on any atom is -0.469 e. The average Bonchev–Trinajstić information content (AvgIpc) is 2.83. The van der Waals surface area contributed by atoms with Crippen LogP contribution in [0, 0.1) is 0 Å². The molecule has 0 bridgehead atoms. The van der Waals surface area contributed by atoms with E-state index in [0.29, 0.717) is 13.1 Å². The maximum Gasteiger partial charge on any atom is 0.234 e. The average molecular weight is 237 g/mol. The Hall–Kier alpha value is -1.33. The van der Waals surface area contributed by atoms with Crippen LogP contribution in [-0.2, 0) is 11.2 Å². The number of furan rings is 1. The zero-order chi connectivity index (χ0) is 11.9. The molecule has 0 atom stereocenters. The number of amides is 1. The first-order chi connectivity index (χ1) is 8.34. The summed E-state index contributed by atoms with van der Waals surface area (Å²) in [5.41, 5.74) is 0. The van der Waals surface area contributed by atoms with E-state index < -0.39 is 0 Å². The van der Waals surface area contributed by atoms with Gasteiger partial charge in [0.15, 0.2) is 0 Å². The fourth-order valence-corrected chi connectivity index (χ4v) is 1.91. The first-order valence-electron chi connectivity index (χ1n) is 6.07. The second kappa shape index (κ2) is 6.42. The molecule has 1 fully saturated rings. The van der Waals surface area contributed by atoms with Gasteiger partial charge in [0, 0.05) is 39.1 Å². The predicted molar refractivity (Wildman–Crippen MR) is 64.7 cm³/mol. The quantitative estimate of drug-likeness (QED) is 0.747. The van der Waals surface area contributed by atoms with Crippen molar-refractivity contribution in [2.45, 2.75) is 6.42 Å². The Balaban J connectivity index is 1.60. The highest BCUT2D eigenvalue weighted by Crippen LogP contribution is 1.99. The topological polar surface area (TPSA) is 57.5 Å². The lowest BCUT2D eigenvalue weighted by molar-refractivity contribution is -0.122. The summed E-state index contributed by atoms with van der Waals surface area (Å²) in [5.74, 6) is 1.01. The molecule has 1 aliphatic rings. The maximum absolute atomic E-state index is 11.6. The van der Waals surface area contributed by atoms with Gasteiger partial charge in [-0.05, 0) is 12.1 Å². The molecule has 0 aromatic carbocycles. The fourth-order valence-electron chi connectivity index (χ4n) is 1.91. The zero-order valence-electron chi connectivity index (χ0n) is 9.95. The van der Waals surface area contributed by atoms with E-state index in [4.69, 9.17) is 4.42 Å². The molecule has 2 rings (SSSR count). The number of carbonyl (C=O) groups is 1. The van der Waals surface area contributed by atoms with Crippen molar-refractivity contribution in [3.05, 3.63) is 24.2 Å². The van der Waals surface area contributed by atoms with E-state index in [-0.39, 0.29) is 5.91 Å². The van der Waals surface area contributed by atoms with E-state index in [2.05, 4.69) is 15.5 Å². The van der Waals surface area contributed by atoms with Gasteiger partial charge >= 0.3 is 0 Å². The Morgan fingerprint density at radius 3 is 3.00 bits per heavy atom. The van der Waals surface area contributed by atoms with Crippen molar-refractivity contribution in [3.63, 3.8) is 0 Å². The molecule has 0 spiro atoms. The number of hydrogen-bond acceptors (Lipinski definition) is 4. The monoisotopic (exact) mass is 237 g/mol. The fraction of sp³-hybridized carbons (Fsp3) is 0.583. The molecule has 5 heteroatoms. The van der Waals surface area contributed by atoms with Crippen LogP contribution in [-0.4, -0.2) is 50.1 Å². The number of nitrogens with zero attached hydrogens (tertiary/aromatic N) is 1. The Bertz CT molecular complexity index is 332. The minimum atomic E-state index is 0.0958. The van der Waals surface area contributed by atoms with Crippen LogP contribution >= 0.6 is 0 Å². The first-order valence-corrected chi connectivity index (χ1v) is 6.07. The molecule has 0 aliphatic carbocycles. The first kappa shape index (κ1) is 12.1. The summed E-state index contributed by atoms with van der Waals surface area (Å²) in [6.45, 7) is 4.98. The molecule has 0 radical (unpaired) electrons. The largest absolute Gasteiger partial charge is 0.469 e. The molecule has 1 aromatic heterocycles. The van der Waals surface area contributed by atoms with Crippen molar-refractivity contribution in [3.8, 4) is 0 Å². The number of rotatable bonds is 5. The Morgan fingerprint density at radius 2 is 2.29 bits per heavy atom. The van der Waals surface area contributed by atoms with Gasteiger partial charge in [-0.3, -0.25) is 9.69 Å². The SMILES string of the molecule is O=C(CN1CCNCC1)NCCc1ccco1. The van der Waals surface area contributed by atoms with Crippen molar-refractivity contribution in [1.82, 2.24) is 15.5 Å². The van der Waals surface area contributed by atoms with Crippen molar-refractivity contribution >= 4 is 5.91 Å². The second-order valence-corrected chi connectivity index (χ2v) is 4.21. The molecule has 17 heavy (non-hydrogen) atoms. The van der Waals surface area contributed by atoms with Gasteiger partial charge in [-0.2, -0.15) is 0 Å². The summed E-state index contributed by atoms with van der Waals surface area (Å²) < 4.78 is 5.20. The highest BCUT2D eigenvalue weighted by atomic mass is 16.3. The highest BCUT2D eigenvalue weighted by Gasteiger charge is 2.12. The molecule has 1 saturated heterocycles. The number of nitrogens with one attached hydrogen (secondary N) is 2. The zero-order valence-corrected chi connectivity index (χ0v) is 9.95. The van der Waals surface area contributed by atoms with E-state index in [9.17, 15) is 4.79 Å². The summed E-state index contributed by atoms with van der Waals surface area (Å²) in [6, 6.07) is 3.78. The van der Waals surface area contributed by atoms with E-state index in [1.165, 1.54) is 0 Å². The standard InChI is InChI=1S/C12H19N3O2/c16-12(10-15-7-5-13-6-8-15)14-4-3-11-2-1-9-17-11/h1-2,9,13H,3-8,10H2,(H,14,16). The molecular weight excluding hydrogens is 218 g/mol. The molecule has 1 aromatic rings. The van der Waals surface area contributed by atoms with Gasteiger partial charge in [-0.15, -0.1) is 0 Å². The normalized spacial score (nSPS) is 16.9. The molecule has 0 unspecified atom stereocenters. The van der Waals surface area contributed by atoms with Crippen LogP contribution in [0.2, 0.25) is 0 Å². The van der Waals surface area contributed by atoms with Gasteiger partial charge in [0.05, 0.1) is 12.8 Å². The maximum atomic E-state index is 11.6. The van der Waals surface area contributed by atoms with Crippen LogP contribution in [0.1, 0.15) is 5.76 Å². The van der Waals surface area contributed by atoms with Gasteiger partial charge in [0.1, 0.15) is 5.76 Å². The molecule has 1 aliphatic heterocycles. The molecule has 2 N–H and O–H groups in total. The summed E-state index contributed by atoms with van der Waals surface area (Å²) in [4.78, 5) is 13.8. The van der Waals surface area contributed by atoms with Crippen LogP contribution in [0.4, 0.5) is 0 Å². The third-order valence-electron chi connectivity index (χ3n) is 2.85. The van der Waals surface area contributed by atoms with E-state index in [0.717, 1.165) is 38.4 Å². The van der Waals surface area contributed by atoms with Crippen LogP contribution < -0.4 is 10.6 Å². The summed E-state index contributed by atoms with van der Waals surface area (Å²) >= 11 is 0. The summed E-state index contributed by atoms with van der Waals surface area (Å²) in [5, 5.41) is 6.17. The third-order valence-corrected chi connectivity index (χ3v) is 2.85. The van der Waals surface area contributed by atoms with Crippen LogP contribution in [0.25, 0.3) is 0 Å². The van der Waals surface area contributed by atoms with E-state index in [1.807, 2.05) is 12.1 Å². The second-order valence-electron chi connectivity index (χ2n) is 4.21. The van der Waals surface area contributed by atoms with Gasteiger partial charge in [-0.1, -0.05) is 0 Å². The number of piperazine rings is 1. The lowest BCUT2D eigenvalue weighted by Gasteiger charge is -2.26. The van der Waals surface area contributed by atoms with Gasteiger partial charge in [0.25, 0.3) is 0 Å². The molecule has 94 valence electrons. The summed E-state index contributed by atoms with van der Waals surface area (Å²) in [7, 11) is 0. The van der Waals surface area contributed by atoms with Gasteiger partial charge in [-0.25, -0.2) is 0 Å². The highest BCUT2D eigenvalue weighted by molar-refractivity contribution is 5.78. The predicted octanol–water partition coefficient (Wildman–Crippen LogP) is -0.156. The lowest BCUT2D eigenvalue weighted by atomic mass is 10.3. The Labute approximate surface area is 101 Å². The smallest absolute Gasteiger partial charge is 0.234 e. The molecule has 1 amide bonds. The molecule has 5 nitrogen and oxygen atoms in total. The van der Waals surface area contributed by atoms with Crippen LogP contribution in [0.5, 0.6) is 0 Å². The molecule has 2 heterocycles. The van der Waals surface area contributed by atoms with E-state index in [1.54, 1.807) is 6.26 Å². The Morgan fingerprint density at radius 1 is 1.47 bits per heavy atom. The lowest BCUT2D eigenvalue weighted by Crippen LogP contribution is -2.47. The minimum absolute atomic E-state index is 0.0958. The molecule has 0 saturated carbocycles. The third kappa shape index (κ3) is 4.20. The summed E-state index contributed by atoms with van der Waals surface area (Å²) in [6.07, 6.45) is 2.40. The van der Waals surface area contributed by atoms with Gasteiger partial charge < -0.3 is 15.1 Å². The van der Waals surface area contributed by atoms with Crippen LogP contribution in [0.15, 0.2) is 22.8 Å².